The Labute approximate surface area is 155 Å². The Morgan fingerprint density at radius 2 is 1.84 bits per heavy atom. The number of hydrogen-bond donors (Lipinski definition) is 1. The summed E-state index contributed by atoms with van der Waals surface area (Å²) < 4.78 is 1.000. The molecule has 5 heteroatoms. The number of carbonyl (C=O) groups is 1. The Morgan fingerprint density at radius 3 is 2.52 bits per heavy atom. The van der Waals surface area contributed by atoms with Crippen molar-refractivity contribution in [2.75, 3.05) is 12.4 Å². The average molecular weight is 396 g/mol. The molecule has 126 valence electrons. The molecule has 3 aromatic rings. The topological polar surface area (TPSA) is 45.2 Å². The normalized spacial score (nSPS) is 10.3. The van der Waals surface area contributed by atoms with Crippen LogP contribution >= 0.6 is 15.9 Å². The lowest BCUT2D eigenvalue weighted by molar-refractivity contribution is 0.0779. The molecule has 4 nitrogen and oxygen atoms in total. The summed E-state index contributed by atoms with van der Waals surface area (Å²) in [6, 6.07) is 21.4. The van der Waals surface area contributed by atoms with Gasteiger partial charge in [0, 0.05) is 23.8 Å². The fraction of sp³-hybridized carbons (Fsp3) is 0.100. The third-order valence-corrected chi connectivity index (χ3v) is 4.20. The molecule has 0 atom stereocenters. The zero-order chi connectivity index (χ0) is 17.6. The first-order valence-electron chi connectivity index (χ1n) is 7.90. The first-order valence-corrected chi connectivity index (χ1v) is 8.69. The van der Waals surface area contributed by atoms with Crippen molar-refractivity contribution < 1.29 is 4.79 Å². The molecule has 0 radical (unpaired) electrons. The van der Waals surface area contributed by atoms with E-state index in [0.29, 0.717) is 12.2 Å². The summed E-state index contributed by atoms with van der Waals surface area (Å²) in [6.45, 7) is 0.555. The molecule has 0 bridgehead atoms. The molecule has 25 heavy (non-hydrogen) atoms. The lowest BCUT2D eigenvalue weighted by atomic mass is 10.2. The predicted molar refractivity (Wildman–Crippen MR) is 104 cm³/mol. The highest BCUT2D eigenvalue weighted by Crippen LogP contribution is 2.20. The number of amides is 1. The van der Waals surface area contributed by atoms with E-state index in [1.54, 1.807) is 24.2 Å². The summed E-state index contributed by atoms with van der Waals surface area (Å²) >= 11 is 3.44. The van der Waals surface area contributed by atoms with Crippen molar-refractivity contribution in [1.82, 2.24) is 9.88 Å². The smallest absolute Gasteiger partial charge is 0.272 e. The SMILES string of the molecule is CN(Cc1ccccc1)C(=O)c1ccc(Nc2cccc(Br)c2)cn1. The van der Waals surface area contributed by atoms with Crippen molar-refractivity contribution >= 4 is 33.2 Å². The lowest BCUT2D eigenvalue weighted by Gasteiger charge is -2.17. The van der Waals surface area contributed by atoms with Gasteiger partial charge in [-0.3, -0.25) is 4.79 Å². The first-order chi connectivity index (χ1) is 12.1. The number of halogens is 1. The van der Waals surface area contributed by atoms with Gasteiger partial charge in [0.15, 0.2) is 0 Å². The highest BCUT2D eigenvalue weighted by molar-refractivity contribution is 9.10. The zero-order valence-electron chi connectivity index (χ0n) is 13.8. The minimum absolute atomic E-state index is 0.0992. The van der Waals surface area contributed by atoms with Crippen molar-refractivity contribution in [2.45, 2.75) is 6.54 Å². The molecule has 0 aliphatic rings. The van der Waals surface area contributed by atoms with Crippen LogP contribution in [-0.4, -0.2) is 22.8 Å². The predicted octanol–water partition coefficient (Wildman–Crippen LogP) is 4.86. The van der Waals surface area contributed by atoms with E-state index < -0.39 is 0 Å². The van der Waals surface area contributed by atoms with Gasteiger partial charge in [-0.15, -0.1) is 0 Å². The molecular formula is C20H18BrN3O. The largest absolute Gasteiger partial charge is 0.354 e. The molecule has 0 unspecified atom stereocenters. The number of anilines is 2. The Balaban J connectivity index is 1.66. The summed E-state index contributed by atoms with van der Waals surface area (Å²) in [4.78, 5) is 18.5. The van der Waals surface area contributed by atoms with E-state index in [1.165, 1.54) is 0 Å². The van der Waals surface area contributed by atoms with Gasteiger partial charge in [0.1, 0.15) is 5.69 Å². The molecule has 0 saturated heterocycles. The number of rotatable bonds is 5. The Hall–Kier alpha value is -2.66. The number of nitrogens with one attached hydrogen (secondary N) is 1. The number of pyridine rings is 1. The molecule has 1 heterocycles. The van der Waals surface area contributed by atoms with Gasteiger partial charge < -0.3 is 10.2 Å². The first kappa shape index (κ1) is 17.2. The van der Waals surface area contributed by atoms with Gasteiger partial charge in [0.25, 0.3) is 5.91 Å². The Morgan fingerprint density at radius 1 is 1.04 bits per heavy atom. The second-order valence-electron chi connectivity index (χ2n) is 5.71. The number of nitrogens with zero attached hydrogens (tertiary/aromatic N) is 2. The van der Waals surface area contributed by atoms with Crippen LogP contribution in [0.3, 0.4) is 0 Å². The summed E-state index contributed by atoms with van der Waals surface area (Å²) in [5.41, 5.74) is 3.31. The van der Waals surface area contributed by atoms with Gasteiger partial charge in [-0.2, -0.15) is 0 Å². The van der Waals surface area contributed by atoms with E-state index in [4.69, 9.17) is 0 Å². The minimum Gasteiger partial charge on any atom is -0.354 e. The molecule has 0 aliphatic heterocycles. The maximum atomic E-state index is 12.5. The molecule has 1 aromatic heterocycles. The van der Waals surface area contributed by atoms with E-state index in [-0.39, 0.29) is 5.91 Å². The van der Waals surface area contributed by atoms with Crippen LogP contribution < -0.4 is 5.32 Å². The molecular weight excluding hydrogens is 378 g/mol. The molecule has 0 fully saturated rings. The highest BCUT2D eigenvalue weighted by atomic mass is 79.9. The van der Waals surface area contributed by atoms with Crippen LogP contribution in [0.15, 0.2) is 77.4 Å². The van der Waals surface area contributed by atoms with E-state index >= 15 is 0 Å². The van der Waals surface area contributed by atoms with E-state index in [9.17, 15) is 4.79 Å². The third kappa shape index (κ3) is 4.67. The monoisotopic (exact) mass is 395 g/mol. The quantitative estimate of drug-likeness (QED) is 0.670. The Bertz CT molecular complexity index is 850. The van der Waals surface area contributed by atoms with Crippen LogP contribution in [-0.2, 0) is 6.54 Å². The zero-order valence-corrected chi connectivity index (χ0v) is 15.4. The van der Waals surface area contributed by atoms with Gasteiger partial charge in [0.2, 0.25) is 0 Å². The summed E-state index contributed by atoms with van der Waals surface area (Å²) in [7, 11) is 1.78. The average Bonchev–Trinajstić information content (AvgIpc) is 2.62. The van der Waals surface area contributed by atoms with Crippen LogP contribution in [0.5, 0.6) is 0 Å². The molecule has 2 aromatic carbocycles. The van der Waals surface area contributed by atoms with Crippen LogP contribution in [0.4, 0.5) is 11.4 Å². The van der Waals surface area contributed by atoms with Crippen molar-refractivity contribution in [3.8, 4) is 0 Å². The van der Waals surface area contributed by atoms with E-state index in [1.807, 2.05) is 60.7 Å². The van der Waals surface area contributed by atoms with Crippen LogP contribution in [0.2, 0.25) is 0 Å². The van der Waals surface area contributed by atoms with Crippen molar-refractivity contribution in [2.24, 2.45) is 0 Å². The van der Waals surface area contributed by atoms with Crippen LogP contribution in [0.25, 0.3) is 0 Å². The summed E-state index contributed by atoms with van der Waals surface area (Å²) in [5.74, 6) is -0.0992. The molecule has 0 spiro atoms. The number of aromatic nitrogens is 1. The van der Waals surface area contributed by atoms with Gasteiger partial charge in [-0.05, 0) is 35.9 Å². The number of hydrogen-bond acceptors (Lipinski definition) is 3. The van der Waals surface area contributed by atoms with Crippen molar-refractivity contribution in [3.05, 3.63) is 88.7 Å². The van der Waals surface area contributed by atoms with Gasteiger partial charge in [0.05, 0.1) is 11.9 Å². The van der Waals surface area contributed by atoms with Gasteiger partial charge >= 0.3 is 0 Å². The molecule has 0 saturated carbocycles. The van der Waals surface area contributed by atoms with Gasteiger partial charge in [-0.1, -0.05) is 52.3 Å². The van der Waals surface area contributed by atoms with Crippen molar-refractivity contribution in [1.29, 1.82) is 0 Å². The maximum absolute atomic E-state index is 12.5. The standard InChI is InChI=1S/C20H18BrN3O/c1-24(14-15-6-3-2-4-7-15)20(25)19-11-10-18(13-22-19)23-17-9-5-8-16(21)12-17/h2-13,23H,14H2,1H3. The summed E-state index contributed by atoms with van der Waals surface area (Å²) in [5, 5.41) is 3.26. The number of benzene rings is 2. The lowest BCUT2D eigenvalue weighted by Crippen LogP contribution is -2.26. The summed E-state index contributed by atoms with van der Waals surface area (Å²) in [6.07, 6.45) is 1.67. The van der Waals surface area contributed by atoms with Crippen LogP contribution in [0, 0.1) is 0 Å². The van der Waals surface area contributed by atoms with E-state index in [0.717, 1.165) is 21.4 Å². The van der Waals surface area contributed by atoms with E-state index in [2.05, 4.69) is 26.2 Å². The molecule has 3 rings (SSSR count). The number of carbonyl (C=O) groups excluding carboxylic acids is 1. The molecule has 1 N–H and O–H groups in total. The fourth-order valence-corrected chi connectivity index (χ4v) is 2.85. The van der Waals surface area contributed by atoms with Crippen molar-refractivity contribution in [3.63, 3.8) is 0 Å². The minimum atomic E-state index is -0.0992. The second kappa shape index (κ2) is 7.94. The Kier molecular flexibility index (Phi) is 5.46. The van der Waals surface area contributed by atoms with Gasteiger partial charge in [-0.25, -0.2) is 4.98 Å². The molecule has 1 amide bonds. The highest BCUT2D eigenvalue weighted by Gasteiger charge is 2.13. The molecule has 0 aliphatic carbocycles. The maximum Gasteiger partial charge on any atom is 0.272 e. The van der Waals surface area contributed by atoms with Crippen LogP contribution in [0.1, 0.15) is 16.1 Å². The second-order valence-corrected chi connectivity index (χ2v) is 6.63. The third-order valence-electron chi connectivity index (χ3n) is 3.71. The fourth-order valence-electron chi connectivity index (χ4n) is 2.45.